The lowest BCUT2D eigenvalue weighted by Crippen LogP contribution is -2.34. The molecule has 0 spiro atoms. The van der Waals surface area contributed by atoms with Gasteiger partial charge in [0.1, 0.15) is 11.9 Å². The molecule has 1 fully saturated rings. The van der Waals surface area contributed by atoms with Crippen LogP contribution in [-0.2, 0) is 4.79 Å². The predicted octanol–water partition coefficient (Wildman–Crippen LogP) is 5.70. The molecule has 1 aliphatic heterocycles. The lowest BCUT2D eigenvalue weighted by Gasteiger charge is -2.29. The van der Waals surface area contributed by atoms with E-state index in [9.17, 15) is 14.0 Å². The van der Waals surface area contributed by atoms with Crippen molar-refractivity contribution in [2.75, 3.05) is 25.5 Å². The minimum atomic E-state index is -1.13. The Labute approximate surface area is 235 Å². The molecule has 1 amide bonds. The van der Waals surface area contributed by atoms with E-state index in [0.717, 1.165) is 24.2 Å². The van der Waals surface area contributed by atoms with Gasteiger partial charge in [-0.2, -0.15) is 0 Å². The molecule has 0 saturated carbocycles. The Hall–Kier alpha value is -4.21. The molecule has 7 nitrogen and oxygen atoms in total. The van der Waals surface area contributed by atoms with Crippen LogP contribution < -0.4 is 10.9 Å². The number of anilines is 1. The molecule has 1 aliphatic rings. The summed E-state index contributed by atoms with van der Waals surface area (Å²) in [6, 6.07) is 18.7. The number of hydrogen-bond donors (Lipinski definition) is 1. The van der Waals surface area contributed by atoms with Crippen LogP contribution in [0.15, 0.2) is 89.4 Å². The summed E-state index contributed by atoms with van der Waals surface area (Å²) in [5, 5.41) is 5.22. The van der Waals surface area contributed by atoms with Crippen molar-refractivity contribution in [3.63, 3.8) is 0 Å². The first-order chi connectivity index (χ1) is 19.5. The highest BCUT2D eigenvalue weighted by atomic mass is 32.1. The number of benzene rings is 3. The first-order valence-corrected chi connectivity index (χ1v) is 14.1. The fourth-order valence-electron chi connectivity index (χ4n) is 5.36. The lowest BCUT2D eigenvalue weighted by molar-refractivity contribution is -0.118. The minimum Gasteiger partial charge on any atom is -0.306 e. The molecule has 0 bridgehead atoms. The first kappa shape index (κ1) is 26.0. The van der Waals surface area contributed by atoms with Crippen LogP contribution in [0.5, 0.6) is 0 Å². The molecule has 6 rings (SSSR count). The van der Waals surface area contributed by atoms with Crippen LogP contribution in [0.4, 0.5) is 9.52 Å². The van der Waals surface area contributed by atoms with Gasteiger partial charge in [0.2, 0.25) is 0 Å². The summed E-state index contributed by atoms with van der Waals surface area (Å²) in [5.74, 6) is -0.427. The summed E-state index contributed by atoms with van der Waals surface area (Å²) in [5.41, 5.74) is 3.83. The molecule has 202 valence electrons. The number of likely N-dealkylation sites (tertiary alicyclic amines) is 1. The van der Waals surface area contributed by atoms with E-state index in [4.69, 9.17) is 0 Å². The van der Waals surface area contributed by atoms with Crippen molar-refractivity contribution >= 4 is 33.3 Å². The maximum Gasteiger partial charge on any atom is 0.262 e. The summed E-state index contributed by atoms with van der Waals surface area (Å²) >= 11 is 1.26. The number of hydrogen-bond acceptors (Lipinski definition) is 6. The van der Waals surface area contributed by atoms with E-state index in [1.165, 1.54) is 58.8 Å². The molecule has 3 aromatic carbocycles. The number of piperidine rings is 1. The average Bonchev–Trinajstić information content (AvgIpc) is 3.48. The number of nitrogens with zero attached hydrogens (tertiary/aromatic N) is 4. The molecular weight excluding hydrogens is 525 g/mol. The largest absolute Gasteiger partial charge is 0.306 e. The Balaban J connectivity index is 1.32. The van der Waals surface area contributed by atoms with Crippen LogP contribution in [0.2, 0.25) is 0 Å². The number of aromatic nitrogens is 3. The van der Waals surface area contributed by atoms with Crippen molar-refractivity contribution in [2.24, 2.45) is 0 Å². The molecule has 3 heterocycles. The molecule has 0 radical (unpaired) electrons. The Bertz CT molecular complexity index is 1710. The second kappa shape index (κ2) is 11.1. The van der Waals surface area contributed by atoms with E-state index in [1.54, 1.807) is 23.7 Å². The van der Waals surface area contributed by atoms with E-state index < -0.39 is 23.3 Å². The summed E-state index contributed by atoms with van der Waals surface area (Å²) < 4.78 is 15.4. The van der Waals surface area contributed by atoms with E-state index in [2.05, 4.69) is 51.5 Å². The van der Waals surface area contributed by atoms with Gasteiger partial charge in [-0.1, -0.05) is 42.5 Å². The molecule has 1 unspecified atom stereocenters. The quantitative estimate of drug-likeness (QED) is 0.292. The number of thiazole rings is 1. The van der Waals surface area contributed by atoms with Crippen molar-refractivity contribution in [3.8, 4) is 11.1 Å². The summed E-state index contributed by atoms with van der Waals surface area (Å²) in [4.78, 5) is 38.0. The second-order valence-corrected chi connectivity index (χ2v) is 11.1. The molecule has 2 aromatic heterocycles. The highest BCUT2D eigenvalue weighted by molar-refractivity contribution is 7.13. The van der Waals surface area contributed by atoms with Gasteiger partial charge >= 0.3 is 0 Å². The fraction of sp³-hybridized carbons (Fsp3) is 0.226. The van der Waals surface area contributed by atoms with Crippen molar-refractivity contribution in [2.45, 2.75) is 24.8 Å². The lowest BCUT2D eigenvalue weighted by atomic mass is 9.88. The smallest absolute Gasteiger partial charge is 0.262 e. The fourth-order valence-corrected chi connectivity index (χ4v) is 5.89. The molecule has 40 heavy (non-hydrogen) atoms. The molecule has 1 atom stereocenters. The molecule has 1 saturated heterocycles. The van der Waals surface area contributed by atoms with Gasteiger partial charge in [0, 0.05) is 11.6 Å². The van der Waals surface area contributed by atoms with Gasteiger partial charge < -0.3 is 4.90 Å². The SMILES string of the molecule is CN1CCC(c2ccc(-c3ccc4c(=O)n(C(C(=O)Nc5nccs5)c5cccc(F)c5)cnc4c3)cc2)CC1. The van der Waals surface area contributed by atoms with Gasteiger partial charge in [0.05, 0.1) is 17.2 Å². The number of amides is 1. The van der Waals surface area contributed by atoms with Gasteiger partial charge in [-0.05, 0) is 85.4 Å². The first-order valence-electron chi connectivity index (χ1n) is 13.2. The van der Waals surface area contributed by atoms with Crippen LogP contribution in [0.1, 0.15) is 35.9 Å². The Kier molecular flexibility index (Phi) is 7.23. The average molecular weight is 554 g/mol. The molecule has 9 heteroatoms. The van der Waals surface area contributed by atoms with E-state index in [1.807, 2.05) is 12.1 Å². The summed E-state index contributed by atoms with van der Waals surface area (Å²) in [7, 11) is 2.17. The zero-order valence-electron chi connectivity index (χ0n) is 22.0. The minimum absolute atomic E-state index is 0.332. The second-order valence-electron chi connectivity index (χ2n) is 10.2. The third-order valence-corrected chi connectivity index (χ3v) is 8.26. The van der Waals surface area contributed by atoms with Crippen LogP contribution in [0.3, 0.4) is 0 Å². The number of carbonyl (C=O) groups is 1. The van der Waals surface area contributed by atoms with Crippen LogP contribution in [0.25, 0.3) is 22.0 Å². The zero-order chi connectivity index (χ0) is 27.6. The van der Waals surface area contributed by atoms with Crippen LogP contribution in [-0.4, -0.2) is 45.5 Å². The number of nitrogens with one attached hydrogen (secondary N) is 1. The van der Waals surface area contributed by atoms with E-state index in [0.29, 0.717) is 27.5 Å². The van der Waals surface area contributed by atoms with Crippen LogP contribution in [0, 0.1) is 5.82 Å². The van der Waals surface area contributed by atoms with E-state index in [-0.39, 0.29) is 0 Å². The number of rotatable bonds is 6. The maximum absolute atomic E-state index is 14.1. The van der Waals surface area contributed by atoms with E-state index >= 15 is 0 Å². The molecule has 1 N–H and O–H groups in total. The highest BCUT2D eigenvalue weighted by Crippen LogP contribution is 2.30. The monoisotopic (exact) mass is 553 g/mol. The third kappa shape index (κ3) is 5.30. The summed E-state index contributed by atoms with van der Waals surface area (Å²) in [6.45, 7) is 2.24. The van der Waals surface area contributed by atoms with Crippen molar-refractivity contribution < 1.29 is 9.18 Å². The molecular formula is C31H28FN5O2S. The third-order valence-electron chi connectivity index (χ3n) is 7.57. The van der Waals surface area contributed by atoms with Crippen LogP contribution >= 0.6 is 11.3 Å². The molecule has 0 aliphatic carbocycles. The van der Waals surface area contributed by atoms with Gasteiger partial charge in [0.15, 0.2) is 5.13 Å². The number of carbonyl (C=O) groups excluding carboxylic acids is 1. The normalized spacial score (nSPS) is 15.2. The van der Waals surface area contributed by atoms with Crippen molar-refractivity contribution in [3.05, 3.63) is 112 Å². The molecule has 5 aromatic rings. The Morgan fingerprint density at radius 1 is 1.02 bits per heavy atom. The van der Waals surface area contributed by atoms with Gasteiger partial charge in [0.25, 0.3) is 11.5 Å². The Morgan fingerprint density at radius 3 is 2.52 bits per heavy atom. The highest BCUT2D eigenvalue weighted by Gasteiger charge is 2.26. The topological polar surface area (TPSA) is 80.1 Å². The Morgan fingerprint density at radius 2 is 1.80 bits per heavy atom. The van der Waals surface area contributed by atoms with Crippen molar-refractivity contribution in [1.29, 1.82) is 0 Å². The number of fused-ring (bicyclic) bond motifs is 1. The maximum atomic E-state index is 14.1. The van der Waals surface area contributed by atoms with Gasteiger partial charge in [-0.25, -0.2) is 14.4 Å². The zero-order valence-corrected chi connectivity index (χ0v) is 22.8. The van der Waals surface area contributed by atoms with Crippen molar-refractivity contribution in [1.82, 2.24) is 19.4 Å². The predicted molar refractivity (Wildman–Crippen MR) is 156 cm³/mol. The standard InChI is InChI=1S/C31H28FN5O2S/c1-36-14-11-22(12-15-36)20-5-7-21(8-6-20)23-9-10-26-27(18-23)34-19-37(30(26)39)28(24-3-2-4-25(32)17-24)29(38)35-31-33-13-16-40-31/h2-10,13,16-19,22,28H,11-12,14-15H2,1H3,(H,33,35,38). The number of halogens is 1. The van der Waals surface area contributed by atoms with Gasteiger partial charge in [-0.15, -0.1) is 11.3 Å². The van der Waals surface area contributed by atoms with Gasteiger partial charge in [-0.3, -0.25) is 19.5 Å². The summed E-state index contributed by atoms with van der Waals surface area (Å²) in [6.07, 6.45) is 5.26.